The minimum absolute atomic E-state index is 0.252. The van der Waals surface area contributed by atoms with E-state index in [2.05, 4.69) is 10.3 Å². The van der Waals surface area contributed by atoms with Crippen LogP contribution in [0.4, 0.5) is 20.2 Å². The molecule has 0 aliphatic heterocycles. The number of alkyl halides is 2. The van der Waals surface area contributed by atoms with Crippen LogP contribution in [0, 0.1) is 0 Å². The standard InChI is InChI=1S/C13H16F2N4/c1-18(2)11-6-4-3-5-10(11)17-9-12-16-7-8-19(12)13(14)15/h3-8,13,17H,9H2,1-2H3. The smallest absolute Gasteiger partial charge is 0.319 e. The molecule has 1 heterocycles. The monoisotopic (exact) mass is 266 g/mol. The van der Waals surface area contributed by atoms with Crippen molar-refractivity contribution < 1.29 is 8.78 Å². The highest BCUT2D eigenvalue weighted by Crippen LogP contribution is 2.24. The molecule has 19 heavy (non-hydrogen) atoms. The van der Waals surface area contributed by atoms with Gasteiger partial charge < -0.3 is 10.2 Å². The SMILES string of the molecule is CN(C)c1ccccc1NCc1nccn1C(F)F. The predicted molar refractivity (Wildman–Crippen MR) is 71.6 cm³/mol. The number of halogens is 2. The van der Waals surface area contributed by atoms with Crippen molar-refractivity contribution in [3.8, 4) is 0 Å². The first-order chi connectivity index (χ1) is 9.09. The van der Waals surface area contributed by atoms with E-state index >= 15 is 0 Å². The minimum Gasteiger partial charge on any atom is -0.376 e. The van der Waals surface area contributed by atoms with Gasteiger partial charge in [-0.25, -0.2) is 4.98 Å². The molecule has 2 rings (SSSR count). The van der Waals surface area contributed by atoms with Gasteiger partial charge in [-0.15, -0.1) is 0 Å². The number of rotatable bonds is 5. The fourth-order valence-corrected chi connectivity index (χ4v) is 1.85. The second-order valence-corrected chi connectivity index (χ2v) is 4.29. The fourth-order valence-electron chi connectivity index (χ4n) is 1.85. The van der Waals surface area contributed by atoms with Gasteiger partial charge in [0.1, 0.15) is 5.82 Å². The van der Waals surface area contributed by atoms with Crippen LogP contribution in [0.5, 0.6) is 0 Å². The molecule has 0 radical (unpaired) electrons. The molecule has 6 heteroatoms. The van der Waals surface area contributed by atoms with Gasteiger partial charge in [0, 0.05) is 26.5 Å². The molecule has 0 spiro atoms. The number of para-hydroxylation sites is 2. The van der Waals surface area contributed by atoms with Crippen LogP contribution in [0.2, 0.25) is 0 Å². The summed E-state index contributed by atoms with van der Waals surface area (Å²) in [6.07, 6.45) is 2.65. The van der Waals surface area contributed by atoms with Crippen molar-refractivity contribution in [1.82, 2.24) is 9.55 Å². The lowest BCUT2D eigenvalue weighted by molar-refractivity contribution is 0.0673. The van der Waals surface area contributed by atoms with Gasteiger partial charge in [-0.2, -0.15) is 8.78 Å². The first kappa shape index (κ1) is 13.3. The summed E-state index contributed by atoms with van der Waals surface area (Å²) in [4.78, 5) is 5.89. The molecule has 0 aliphatic carbocycles. The maximum absolute atomic E-state index is 12.7. The molecule has 1 aromatic heterocycles. The number of anilines is 2. The number of imidazole rings is 1. The molecule has 4 nitrogen and oxygen atoms in total. The van der Waals surface area contributed by atoms with E-state index in [0.29, 0.717) is 5.82 Å². The van der Waals surface area contributed by atoms with E-state index in [0.717, 1.165) is 15.9 Å². The number of hydrogen-bond acceptors (Lipinski definition) is 3. The third-order valence-electron chi connectivity index (χ3n) is 2.78. The summed E-state index contributed by atoms with van der Waals surface area (Å²) in [6, 6.07) is 7.70. The van der Waals surface area contributed by atoms with Crippen LogP contribution in [0.15, 0.2) is 36.7 Å². The minimum atomic E-state index is -2.57. The van der Waals surface area contributed by atoms with Crippen LogP contribution in [-0.2, 0) is 6.54 Å². The molecule has 1 aromatic carbocycles. The molecule has 0 aliphatic rings. The van der Waals surface area contributed by atoms with Crippen molar-refractivity contribution in [3.63, 3.8) is 0 Å². The topological polar surface area (TPSA) is 33.1 Å². The van der Waals surface area contributed by atoms with Crippen molar-refractivity contribution in [2.75, 3.05) is 24.3 Å². The van der Waals surface area contributed by atoms with Crippen molar-refractivity contribution in [3.05, 3.63) is 42.5 Å². The van der Waals surface area contributed by atoms with Gasteiger partial charge in [-0.05, 0) is 12.1 Å². The fraction of sp³-hybridized carbons (Fsp3) is 0.308. The third kappa shape index (κ3) is 3.01. The Balaban J connectivity index is 2.13. The molecule has 0 saturated carbocycles. The van der Waals surface area contributed by atoms with E-state index in [1.807, 2.05) is 43.3 Å². The lowest BCUT2D eigenvalue weighted by Crippen LogP contribution is -2.13. The molecule has 0 atom stereocenters. The zero-order valence-corrected chi connectivity index (χ0v) is 10.8. The van der Waals surface area contributed by atoms with E-state index in [1.165, 1.54) is 12.4 Å². The summed E-state index contributed by atoms with van der Waals surface area (Å²) in [5.41, 5.74) is 1.88. The molecule has 0 fully saturated rings. The zero-order chi connectivity index (χ0) is 13.8. The van der Waals surface area contributed by atoms with Crippen molar-refractivity contribution in [2.45, 2.75) is 13.1 Å². The van der Waals surface area contributed by atoms with Crippen LogP contribution in [0.3, 0.4) is 0 Å². The Hall–Kier alpha value is -2.11. The van der Waals surface area contributed by atoms with Gasteiger partial charge in [0.05, 0.1) is 17.9 Å². The Bertz CT molecular complexity index is 537. The van der Waals surface area contributed by atoms with Crippen LogP contribution in [0.1, 0.15) is 12.4 Å². The normalized spacial score (nSPS) is 10.8. The van der Waals surface area contributed by atoms with Crippen LogP contribution < -0.4 is 10.2 Å². The van der Waals surface area contributed by atoms with Gasteiger partial charge >= 0.3 is 6.55 Å². The van der Waals surface area contributed by atoms with Crippen molar-refractivity contribution in [2.24, 2.45) is 0 Å². The third-order valence-corrected chi connectivity index (χ3v) is 2.78. The highest BCUT2D eigenvalue weighted by molar-refractivity contribution is 5.69. The van der Waals surface area contributed by atoms with Crippen LogP contribution in [-0.4, -0.2) is 23.6 Å². The Labute approximate surface area is 110 Å². The highest BCUT2D eigenvalue weighted by Gasteiger charge is 2.11. The van der Waals surface area contributed by atoms with Gasteiger partial charge in [0.25, 0.3) is 0 Å². The molecular formula is C13H16F2N4. The molecule has 102 valence electrons. The number of nitrogens with one attached hydrogen (secondary N) is 1. The van der Waals surface area contributed by atoms with E-state index in [-0.39, 0.29) is 6.54 Å². The number of nitrogens with zero attached hydrogens (tertiary/aromatic N) is 3. The Morgan fingerprint density at radius 3 is 2.74 bits per heavy atom. The van der Waals surface area contributed by atoms with Gasteiger partial charge in [-0.1, -0.05) is 12.1 Å². The second kappa shape index (κ2) is 5.69. The Morgan fingerprint density at radius 2 is 2.05 bits per heavy atom. The summed E-state index contributed by atoms with van der Waals surface area (Å²) in [6.45, 7) is -2.31. The summed E-state index contributed by atoms with van der Waals surface area (Å²) in [5, 5.41) is 3.13. The van der Waals surface area contributed by atoms with Gasteiger partial charge in [0.2, 0.25) is 0 Å². The quantitative estimate of drug-likeness (QED) is 0.903. The average molecular weight is 266 g/mol. The Morgan fingerprint density at radius 1 is 1.32 bits per heavy atom. The van der Waals surface area contributed by atoms with Crippen LogP contribution in [0.25, 0.3) is 0 Å². The molecule has 0 saturated heterocycles. The van der Waals surface area contributed by atoms with E-state index < -0.39 is 6.55 Å². The van der Waals surface area contributed by atoms with Crippen molar-refractivity contribution in [1.29, 1.82) is 0 Å². The Kier molecular flexibility index (Phi) is 3.99. The van der Waals surface area contributed by atoms with Gasteiger partial charge in [0.15, 0.2) is 0 Å². The lowest BCUT2D eigenvalue weighted by Gasteiger charge is -2.18. The van der Waals surface area contributed by atoms with Crippen LogP contribution >= 0.6 is 0 Å². The second-order valence-electron chi connectivity index (χ2n) is 4.29. The molecule has 2 aromatic rings. The molecule has 1 N–H and O–H groups in total. The summed E-state index contributed by atoms with van der Waals surface area (Å²) >= 11 is 0. The van der Waals surface area contributed by atoms with Gasteiger partial charge in [-0.3, -0.25) is 4.57 Å². The van der Waals surface area contributed by atoms with E-state index in [9.17, 15) is 8.78 Å². The highest BCUT2D eigenvalue weighted by atomic mass is 19.3. The number of benzene rings is 1. The largest absolute Gasteiger partial charge is 0.376 e. The maximum Gasteiger partial charge on any atom is 0.319 e. The van der Waals surface area contributed by atoms with E-state index in [4.69, 9.17) is 0 Å². The molecular weight excluding hydrogens is 250 g/mol. The maximum atomic E-state index is 12.7. The zero-order valence-electron chi connectivity index (χ0n) is 10.8. The average Bonchev–Trinajstić information content (AvgIpc) is 2.85. The molecule has 0 bridgehead atoms. The molecule has 0 unspecified atom stereocenters. The van der Waals surface area contributed by atoms with Crippen molar-refractivity contribution >= 4 is 11.4 Å². The number of aromatic nitrogens is 2. The summed E-state index contributed by atoms with van der Waals surface area (Å²) < 4.78 is 26.2. The first-order valence-corrected chi connectivity index (χ1v) is 5.89. The molecule has 0 amide bonds. The lowest BCUT2D eigenvalue weighted by atomic mass is 10.2. The first-order valence-electron chi connectivity index (χ1n) is 5.89. The number of hydrogen-bond donors (Lipinski definition) is 1. The predicted octanol–water partition coefficient (Wildman–Crippen LogP) is 2.96. The summed E-state index contributed by atoms with van der Waals surface area (Å²) in [7, 11) is 3.86. The summed E-state index contributed by atoms with van der Waals surface area (Å²) in [5.74, 6) is 0.309. The van der Waals surface area contributed by atoms with E-state index in [1.54, 1.807) is 0 Å².